The molecule has 0 N–H and O–H groups in total. The molecule has 2 aromatic heterocycles. The van der Waals surface area contributed by atoms with E-state index in [4.69, 9.17) is 9.72 Å². The molecular weight excluding hydrogens is 392 g/mol. The van der Waals surface area contributed by atoms with Gasteiger partial charge in [-0.3, -0.25) is 9.69 Å². The number of benzene rings is 1. The molecule has 0 aliphatic heterocycles. The zero-order valence-corrected chi connectivity index (χ0v) is 18.6. The maximum atomic E-state index is 13.4. The first-order valence-electron chi connectivity index (χ1n) is 9.39. The monoisotopic (exact) mass is 418 g/mol. The molecule has 1 aromatic carbocycles. The van der Waals surface area contributed by atoms with Gasteiger partial charge in [0.25, 0.3) is 5.91 Å². The Morgan fingerprint density at radius 2 is 1.86 bits per heavy atom. The average Bonchev–Trinajstić information content (AvgIpc) is 3.26. The van der Waals surface area contributed by atoms with Gasteiger partial charge >= 0.3 is 0 Å². The van der Waals surface area contributed by atoms with E-state index in [-0.39, 0.29) is 5.91 Å². The third-order valence-electron chi connectivity index (χ3n) is 4.69. The number of amides is 1. The highest BCUT2D eigenvalue weighted by atomic mass is 32.1. The van der Waals surface area contributed by atoms with Gasteiger partial charge in [-0.1, -0.05) is 25.2 Å². The summed E-state index contributed by atoms with van der Waals surface area (Å²) in [4.78, 5) is 27.3. The quantitative estimate of drug-likeness (QED) is 0.544. The van der Waals surface area contributed by atoms with Crippen LogP contribution in [0.4, 0.5) is 5.13 Å². The van der Waals surface area contributed by atoms with Gasteiger partial charge in [0, 0.05) is 13.1 Å². The van der Waals surface area contributed by atoms with Crippen molar-refractivity contribution in [1.29, 1.82) is 0 Å². The second kappa shape index (κ2) is 8.98. The lowest BCUT2D eigenvalue weighted by atomic mass is 10.3. The van der Waals surface area contributed by atoms with Crippen molar-refractivity contribution in [3.05, 3.63) is 33.8 Å². The summed E-state index contributed by atoms with van der Waals surface area (Å²) < 4.78 is 6.33. The Labute approximate surface area is 173 Å². The van der Waals surface area contributed by atoms with E-state index in [0.29, 0.717) is 16.6 Å². The normalized spacial score (nSPS) is 11.4. The zero-order chi connectivity index (χ0) is 20.3. The van der Waals surface area contributed by atoms with Gasteiger partial charge in [-0.15, -0.1) is 11.3 Å². The van der Waals surface area contributed by atoms with E-state index in [1.807, 2.05) is 32.0 Å². The minimum Gasteiger partial charge on any atom is -0.497 e. The minimum atomic E-state index is -0.0266. The van der Waals surface area contributed by atoms with Gasteiger partial charge in [0.1, 0.15) is 10.6 Å². The molecule has 0 aliphatic carbocycles. The summed E-state index contributed by atoms with van der Waals surface area (Å²) in [6.45, 7) is 11.4. The van der Waals surface area contributed by atoms with E-state index in [9.17, 15) is 4.79 Å². The van der Waals surface area contributed by atoms with Crippen molar-refractivity contribution in [2.24, 2.45) is 0 Å². The molecule has 1 amide bonds. The van der Waals surface area contributed by atoms with Crippen LogP contribution < -0.4 is 9.64 Å². The summed E-state index contributed by atoms with van der Waals surface area (Å²) in [5, 5.41) is 1.62. The highest BCUT2D eigenvalue weighted by Crippen LogP contribution is 2.33. The number of methoxy groups -OCH3 is 1. The number of hydrogen-bond donors (Lipinski definition) is 0. The van der Waals surface area contributed by atoms with Crippen LogP contribution in [0.1, 0.15) is 34.2 Å². The van der Waals surface area contributed by atoms with Gasteiger partial charge in [-0.25, -0.2) is 9.97 Å². The summed E-state index contributed by atoms with van der Waals surface area (Å²) >= 11 is 2.96. The first-order valence-corrected chi connectivity index (χ1v) is 11.0. The Morgan fingerprint density at radius 1 is 1.11 bits per heavy atom. The number of likely N-dealkylation sites (N-methyl/N-ethyl adjacent to an activating group) is 1. The lowest BCUT2D eigenvalue weighted by Gasteiger charge is -2.24. The van der Waals surface area contributed by atoms with Crippen LogP contribution in [0.15, 0.2) is 18.2 Å². The van der Waals surface area contributed by atoms with E-state index >= 15 is 0 Å². The van der Waals surface area contributed by atoms with Gasteiger partial charge < -0.3 is 9.64 Å². The van der Waals surface area contributed by atoms with E-state index < -0.39 is 0 Å². The average molecular weight is 419 g/mol. The summed E-state index contributed by atoms with van der Waals surface area (Å²) in [5.41, 5.74) is 1.65. The molecule has 0 unspecified atom stereocenters. The maximum absolute atomic E-state index is 13.4. The highest BCUT2D eigenvalue weighted by Gasteiger charge is 2.25. The number of aromatic nitrogens is 2. The smallest absolute Gasteiger partial charge is 0.272 e. The molecular formula is C20H26N4O2S2. The van der Waals surface area contributed by atoms with Crippen molar-refractivity contribution in [1.82, 2.24) is 14.9 Å². The number of nitrogens with zero attached hydrogens (tertiary/aromatic N) is 4. The Bertz CT molecular complexity index is 962. The van der Waals surface area contributed by atoms with Crippen LogP contribution >= 0.6 is 22.7 Å². The Hall–Kier alpha value is -2.03. The number of carbonyl (C=O) groups excluding carboxylic acids is 1. The summed E-state index contributed by atoms with van der Waals surface area (Å²) in [6, 6.07) is 5.79. The molecule has 0 aliphatic rings. The Morgan fingerprint density at radius 3 is 2.46 bits per heavy atom. The predicted octanol–water partition coefficient (Wildman–Crippen LogP) is 4.37. The maximum Gasteiger partial charge on any atom is 0.272 e. The lowest BCUT2D eigenvalue weighted by Crippen LogP contribution is -2.38. The van der Waals surface area contributed by atoms with Crippen molar-refractivity contribution in [2.75, 3.05) is 38.2 Å². The molecule has 0 saturated heterocycles. The molecule has 3 rings (SSSR count). The van der Waals surface area contributed by atoms with Crippen LogP contribution in [0, 0.1) is 13.8 Å². The fourth-order valence-corrected chi connectivity index (χ4v) is 4.94. The molecule has 0 fully saturated rings. The van der Waals surface area contributed by atoms with Gasteiger partial charge in [0.2, 0.25) is 0 Å². The number of thiazole rings is 2. The number of anilines is 1. The zero-order valence-electron chi connectivity index (χ0n) is 17.0. The fourth-order valence-electron chi connectivity index (χ4n) is 3.05. The molecule has 3 aromatic rings. The first-order chi connectivity index (χ1) is 13.5. The second-order valence-electron chi connectivity index (χ2n) is 6.46. The van der Waals surface area contributed by atoms with Crippen LogP contribution in [0.25, 0.3) is 10.2 Å². The third kappa shape index (κ3) is 4.34. The molecule has 150 valence electrons. The minimum absolute atomic E-state index is 0.0266. The number of aryl methyl sites for hydroxylation is 2. The van der Waals surface area contributed by atoms with Crippen molar-refractivity contribution >= 4 is 43.9 Å². The molecule has 0 atom stereocenters. The molecule has 0 radical (unpaired) electrons. The third-order valence-corrected chi connectivity index (χ3v) is 6.79. The Kier molecular flexibility index (Phi) is 6.64. The van der Waals surface area contributed by atoms with Gasteiger partial charge in [-0.05, 0) is 45.1 Å². The topological polar surface area (TPSA) is 58.6 Å². The van der Waals surface area contributed by atoms with Crippen molar-refractivity contribution in [2.45, 2.75) is 27.7 Å². The van der Waals surface area contributed by atoms with Crippen LogP contribution in [-0.4, -0.2) is 54.1 Å². The van der Waals surface area contributed by atoms with Crippen LogP contribution in [0.2, 0.25) is 0 Å². The molecule has 8 heteroatoms. The SMILES string of the molecule is CCN(CC)CCN(C(=O)c1sc(C)nc1C)c1nc2ccc(OC)cc2s1. The number of ether oxygens (including phenoxy) is 1. The number of carbonyl (C=O) groups is 1. The second-order valence-corrected chi connectivity index (χ2v) is 8.67. The molecule has 0 saturated carbocycles. The van der Waals surface area contributed by atoms with E-state index in [0.717, 1.165) is 46.3 Å². The molecule has 0 spiro atoms. The Balaban J connectivity index is 1.97. The van der Waals surface area contributed by atoms with Crippen LogP contribution in [-0.2, 0) is 0 Å². The lowest BCUT2D eigenvalue weighted by molar-refractivity contribution is 0.0987. The number of hydrogen-bond acceptors (Lipinski definition) is 7. The molecule has 0 bridgehead atoms. The summed E-state index contributed by atoms with van der Waals surface area (Å²) in [7, 11) is 1.65. The summed E-state index contributed by atoms with van der Waals surface area (Å²) in [5.74, 6) is 0.763. The van der Waals surface area contributed by atoms with E-state index in [1.54, 1.807) is 12.0 Å². The number of rotatable bonds is 8. The number of fused-ring (bicyclic) bond motifs is 1. The standard InChI is InChI=1S/C20H26N4O2S2/c1-6-23(7-2)10-11-24(19(25)18-13(3)21-14(4)27-18)20-22-16-9-8-15(26-5)12-17(16)28-20/h8-9,12H,6-7,10-11H2,1-5H3. The van der Waals surface area contributed by atoms with E-state index in [1.165, 1.54) is 22.7 Å². The fraction of sp³-hybridized carbons (Fsp3) is 0.450. The van der Waals surface area contributed by atoms with Gasteiger partial charge in [0.05, 0.1) is 28.0 Å². The van der Waals surface area contributed by atoms with E-state index in [2.05, 4.69) is 23.7 Å². The summed E-state index contributed by atoms with van der Waals surface area (Å²) in [6.07, 6.45) is 0. The largest absolute Gasteiger partial charge is 0.497 e. The van der Waals surface area contributed by atoms with Crippen LogP contribution in [0.3, 0.4) is 0 Å². The molecule has 2 heterocycles. The van der Waals surface area contributed by atoms with Crippen molar-refractivity contribution in [3.63, 3.8) is 0 Å². The molecule has 28 heavy (non-hydrogen) atoms. The highest BCUT2D eigenvalue weighted by molar-refractivity contribution is 7.22. The molecule has 6 nitrogen and oxygen atoms in total. The van der Waals surface area contributed by atoms with Crippen molar-refractivity contribution < 1.29 is 9.53 Å². The first kappa shape index (κ1) is 20.7. The predicted molar refractivity (Wildman–Crippen MR) is 117 cm³/mol. The van der Waals surface area contributed by atoms with Gasteiger partial charge in [-0.2, -0.15) is 0 Å². The van der Waals surface area contributed by atoms with Gasteiger partial charge in [0.15, 0.2) is 5.13 Å². The van der Waals surface area contributed by atoms with Crippen LogP contribution in [0.5, 0.6) is 5.75 Å². The van der Waals surface area contributed by atoms with Crippen molar-refractivity contribution in [3.8, 4) is 5.75 Å².